The molecule has 1 amide bonds. The van der Waals surface area contributed by atoms with Crippen LogP contribution in [0.5, 0.6) is 0 Å². The number of thioether (sulfide) groups is 1. The molecule has 1 saturated heterocycles. The van der Waals surface area contributed by atoms with Crippen molar-refractivity contribution in [3.8, 4) is 0 Å². The van der Waals surface area contributed by atoms with Crippen LogP contribution in [0.15, 0.2) is 47.4 Å². The normalized spacial score (nSPS) is 16.6. The first-order valence-corrected chi connectivity index (χ1v) is 11.4. The van der Waals surface area contributed by atoms with E-state index in [9.17, 15) is 4.79 Å². The van der Waals surface area contributed by atoms with Gasteiger partial charge in [-0.3, -0.25) is 9.69 Å². The SMILES string of the molecule is Cc1cc(C)c2nc(N(CC3CCCO3)C(=O)CSc3ccccc3)sc2c1. The Bertz CT molecular complexity index is 965. The average molecular weight is 413 g/mol. The van der Waals surface area contributed by atoms with Crippen LogP contribution in [0, 0.1) is 13.8 Å². The average Bonchev–Trinajstić information content (AvgIpc) is 3.34. The molecule has 4 nitrogen and oxygen atoms in total. The van der Waals surface area contributed by atoms with E-state index < -0.39 is 0 Å². The summed E-state index contributed by atoms with van der Waals surface area (Å²) in [6, 6.07) is 14.3. The Morgan fingerprint density at radius 2 is 2.11 bits per heavy atom. The highest BCUT2D eigenvalue weighted by Gasteiger charge is 2.26. The van der Waals surface area contributed by atoms with Crippen molar-refractivity contribution in [1.29, 1.82) is 0 Å². The highest BCUT2D eigenvalue weighted by molar-refractivity contribution is 8.00. The molecule has 0 bridgehead atoms. The van der Waals surface area contributed by atoms with Crippen LogP contribution >= 0.6 is 23.1 Å². The Morgan fingerprint density at radius 3 is 2.86 bits per heavy atom. The van der Waals surface area contributed by atoms with E-state index in [1.807, 2.05) is 35.2 Å². The fraction of sp³-hybridized carbons (Fsp3) is 0.364. The van der Waals surface area contributed by atoms with Gasteiger partial charge >= 0.3 is 0 Å². The molecule has 2 heterocycles. The number of thiazole rings is 1. The summed E-state index contributed by atoms with van der Waals surface area (Å²) in [5.41, 5.74) is 3.36. The van der Waals surface area contributed by atoms with Gasteiger partial charge in [0.15, 0.2) is 5.13 Å². The van der Waals surface area contributed by atoms with Crippen molar-refractivity contribution in [2.24, 2.45) is 0 Å². The first kappa shape index (κ1) is 19.4. The van der Waals surface area contributed by atoms with Gasteiger partial charge in [-0.1, -0.05) is 35.6 Å². The number of ether oxygens (including phenoxy) is 1. The first-order chi connectivity index (χ1) is 13.6. The zero-order chi connectivity index (χ0) is 19.5. The standard InChI is InChI=1S/C22H24N2O2S2/c1-15-11-16(2)21-19(12-15)28-22(23-21)24(13-17-7-6-10-26-17)20(25)14-27-18-8-4-3-5-9-18/h3-5,8-9,11-12,17H,6-7,10,13-14H2,1-2H3. The van der Waals surface area contributed by atoms with E-state index in [1.54, 1.807) is 23.1 Å². The maximum Gasteiger partial charge on any atom is 0.239 e. The van der Waals surface area contributed by atoms with Gasteiger partial charge < -0.3 is 4.74 Å². The minimum atomic E-state index is 0.0813. The second-order valence-electron chi connectivity index (χ2n) is 7.17. The number of amides is 1. The zero-order valence-electron chi connectivity index (χ0n) is 16.2. The molecule has 1 fully saturated rings. The molecular formula is C22H24N2O2S2. The molecular weight excluding hydrogens is 388 g/mol. The van der Waals surface area contributed by atoms with Gasteiger partial charge in [-0.05, 0) is 56.0 Å². The summed E-state index contributed by atoms with van der Waals surface area (Å²) in [5.74, 6) is 0.475. The number of carbonyl (C=O) groups excluding carboxylic acids is 1. The second kappa shape index (κ2) is 8.64. The molecule has 0 radical (unpaired) electrons. The number of fused-ring (bicyclic) bond motifs is 1. The van der Waals surface area contributed by atoms with Crippen LogP contribution in [0.3, 0.4) is 0 Å². The third-order valence-corrected chi connectivity index (χ3v) is 6.89. The number of anilines is 1. The van der Waals surface area contributed by atoms with Crippen molar-refractivity contribution in [2.75, 3.05) is 23.8 Å². The van der Waals surface area contributed by atoms with Gasteiger partial charge in [-0.15, -0.1) is 11.8 Å². The second-order valence-corrected chi connectivity index (χ2v) is 9.22. The maximum atomic E-state index is 13.1. The fourth-order valence-electron chi connectivity index (χ4n) is 3.49. The van der Waals surface area contributed by atoms with Crippen molar-refractivity contribution >= 4 is 44.4 Å². The predicted octanol–water partition coefficient (Wildman–Crippen LogP) is 5.22. The van der Waals surface area contributed by atoms with Crippen molar-refractivity contribution in [3.05, 3.63) is 53.6 Å². The van der Waals surface area contributed by atoms with Gasteiger partial charge in [0.1, 0.15) is 0 Å². The highest BCUT2D eigenvalue weighted by atomic mass is 32.2. The lowest BCUT2D eigenvalue weighted by Gasteiger charge is -2.23. The summed E-state index contributed by atoms with van der Waals surface area (Å²) in [4.78, 5) is 20.9. The topological polar surface area (TPSA) is 42.4 Å². The third-order valence-electron chi connectivity index (χ3n) is 4.87. The van der Waals surface area contributed by atoms with Crippen molar-refractivity contribution in [2.45, 2.75) is 37.7 Å². The highest BCUT2D eigenvalue weighted by Crippen LogP contribution is 2.33. The summed E-state index contributed by atoms with van der Waals surface area (Å²) in [6.07, 6.45) is 2.16. The van der Waals surface area contributed by atoms with Crippen LogP contribution in [0.4, 0.5) is 5.13 Å². The number of rotatable bonds is 6. The van der Waals surface area contributed by atoms with Crippen LogP contribution in [-0.4, -0.2) is 35.9 Å². The number of hydrogen-bond acceptors (Lipinski definition) is 5. The van der Waals surface area contributed by atoms with Gasteiger partial charge in [0.05, 0.1) is 28.6 Å². The Balaban J connectivity index is 1.59. The van der Waals surface area contributed by atoms with Crippen LogP contribution in [-0.2, 0) is 9.53 Å². The molecule has 0 N–H and O–H groups in total. The van der Waals surface area contributed by atoms with E-state index in [-0.39, 0.29) is 12.0 Å². The van der Waals surface area contributed by atoms with E-state index in [2.05, 4.69) is 26.0 Å². The van der Waals surface area contributed by atoms with Crippen molar-refractivity contribution < 1.29 is 9.53 Å². The molecule has 1 aromatic heterocycles. The third kappa shape index (κ3) is 4.40. The quantitative estimate of drug-likeness (QED) is 0.521. The Morgan fingerprint density at radius 1 is 1.29 bits per heavy atom. The molecule has 1 unspecified atom stereocenters. The van der Waals surface area contributed by atoms with Gasteiger partial charge in [0.25, 0.3) is 0 Å². The predicted molar refractivity (Wildman–Crippen MR) is 118 cm³/mol. The van der Waals surface area contributed by atoms with Crippen LogP contribution in [0.1, 0.15) is 24.0 Å². The maximum absolute atomic E-state index is 13.1. The Labute approximate surface area is 173 Å². The van der Waals surface area contributed by atoms with Crippen LogP contribution in [0.2, 0.25) is 0 Å². The van der Waals surface area contributed by atoms with Crippen molar-refractivity contribution in [3.63, 3.8) is 0 Å². The summed E-state index contributed by atoms with van der Waals surface area (Å²) >= 11 is 3.16. The largest absolute Gasteiger partial charge is 0.376 e. The minimum absolute atomic E-state index is 0.0813. The minimum Gasteiger partial charge on any atom is -0.376 e. The molecule has 0 aliphatic carbocycles. The van der Waals surface area contributed by atoms with E-state index in [1.165, 1.54) is 5.56 Å². The molecule has 3 aromatic rings. The summed E-state index contributed by atoms with van der Waals surface area (Å²) in [7, 11) is 0. The van der Waals surface area contributed by atoms with E-state index in [0.29, 0.717) is 12.3 Å². The molecule has 2 aromatic carbocycles. The first-order valence-electron chi connectivity index (χ1n) is 9.58. The zero-order valence-corrected chi connectivity index (χ0v) is 17.8. The smallest absolute Gasteiger partial charge is 0.239 e. The van der Waals surface area contributed by atoms with Gasteiger partial charge in [-0.25, -0.2) is 4.98 Å². The number of benzene rings is 2. The van der Waals surface area contributed by atoms with Crippen molar-refractivity contribution in [1.82, 2.24) is 4.98 Å². The lowest BCUT2D eigenvalue weighted by atomic mass is 10.1. The molecule has 1 aliphatic rings. The molecule has 1 aliphatic heterocycles. The summed E-state index contributed by atoms with van der Waals surface area (Å²) < 4.78 is 6.94. The lowest BCUT2D eigenvalue weighted by Crippen LogP contribution is -2.38. The number of carbonyl (C=O) groups is 1. The Kier molecular flexibility index (Phi) is 5.99. The molecule has 28 heavy (non-hydrogen) atoms. The molecule has 0 spiro atoms. The fourth-order valence-corrected chi connectivity index (χ4v) is 5.46. The molecule has 0 saturated carbocycles. The van der Waals surface area contributed by atoms with E-state index >= 15 is 0 Å². The van der Waals surface area contributed by atoms with Gasteiger partial charge in [0.2, 0.25) is 5.91 Å². The lowest BCUT2D eigenvalue weighted by molar-refractivity contribution is -0.116. The molecule has 4 rings (SSSR count). The van der Waals surface area contributed by atoms with Gasteiger partial charge in [-0.2, -0.15) is 0 Å². The molecule has 146 valence electrons. The number of aromatic nitrogens is 1. The van der Waals surface area contributed by atoms with Gasteiger partial charge in [0, 0.05) is 11.5 Å². The molecule has 1 atom stereocenters. The number of hydrogen-bond donors (Lipinski definition) is 0. The van der Waals surface area contributed by atoms with Crippen LogP contribution < -0.4 is 4.90 Å². The Hall–Kier alpha value is -1.89. The van der Waals surface area contributed by atoms with E-state index in [0.717, 1.165) is 45.3 Å². The summed E-state index contributed by atoms with van der Waals surface area (Å²) in [6.45, 7) is 5.53. The number of nitrogens with zero attached hydrogens (tertiary/aromatic N) is 2. The molecule has 6 heteroatoms. The van der Waals surface area contributed by atoms with Crippen LogP contribution in [0.25, 0.3) is 10.2 Å². The summed E-state index contributed by atoms with van der Waals surface area (Å²) in [5, 5.41) is 0.776. The monoisotopic (exact) mass is 412 g/mol. The van der Waals surface area contributed by atoms with E-state index in [4.69, 9.17) is 9.72 Å². The number of aryl methyl sites for hydroxylation is 2.